The Bertz CT molecular complexity index is 923. The first kappa shape index (κ1) is 20.0. The molecule has 1 N–H and O–H groups in total. The molecule has 0 unspecified atom stereocenters. The third-order valence-electron chi connectivity index (χ3n) is 3.73. The van der Waals surface area contributed by atoms with Crippen LogP contribution in [0.2, 0.25) is 10.0 Å². The van der Waals surface area contributed by atoms with E-state index in [0.29, 0.717) is 32.2 Å². The van der Waals surface area contributed by atoms with Crippen molar-refractivity contribution in [2.45, 2.75) is 50.4 Å². The highest BCUT2D eigenvalue weighted by atomic mass is 35.5. The molecule has 0 aromatic carbocycles. The molecule has 1 aliphatic rings. The van der Waals surface area contributed by atoms with E-state index in [-0.39, 0.29) is 18.6 Å². The van der Waals surface area contributed by atoms with Gasteiger partial charge in [-0.15, -0.1) is 0 Å². The zero-order valence-corrected chi connectivity index (χ0v) is 17.3. The van der Waals surface area contributed by atoms with Crippen LogP contribution in [0.15, 0.2) is 22.3 Å². The first-order valence-electron chi connectivity index (χ1n) is 8.14. The molecule has 0 saturated carbocycles. The largest absolute Gasteiger partial charge is 0.444 e. The zero-order chi connectivity index (χ0) is 19.8. The van der Waals surface area contributed by atoms with Crippen LogP contribution in [-0.2, 0) is 23.6 Å². The van der Waals surface area contributed by atoms with Crippen molar-refractivity contribution in [1.29, 1.82) is 0 Å². The number of halogens is 2. The summed E-state index contributed by atoms with van der Waals surface area (Å²) in [5, 5.41) is 1.35. The fraction of sp³-hybridized carbons (Fsp3) is 0.412. The molecule has 0 spiro atoms. The van der Waals surface area contributed by atoms with Gasteiger partial charge in [0.15, 0.2) is 5.16 Å². The first-order chi connectivity index (χ1) is 12.6. The number of carbonyl (C=O) groups is 1. The highest BCUT2D eigenvalue weighted by Gasteiger charge is 2.30. The van der Waals surface area contributed by atoms with Crippen LogP contribution in [0.25, 0.3) is 0 Å². The molecule has 0 aliphatic carbocycles. The van der Waals surface area contributed by atoms with Crippen molar-refractivity contribution >= 4 is 41.1 Å². The van der Waals surface area contributed by atoms with Gasteiger partial charge in [0.05, 0.1) is 34.4 Å². The average Bonchev–Trinajstić information content (AvgIpc) is 2.98. The number of carbonyl (C=O) groups excluding carboxylic acids is 1. The summed E-state index contributed by atoms with van der Waals surface area (Å²) in [4.78, 5) is 37.2. The van der Waals surface area contributed by atoms with Gasteiger partial charge in [-0.3, -0.25) is 14.7 Å². The minimum absolute atomic E-state index is 0.180. The summed E-state index contributed by atoms with van der Waals surface area (Å²) >= 11 is 13.5. The number of aromatic amines is 1. The van der Waals surface area contributed by atoms with E-state index >= 15 is 0 Å². The average molecular weight is 429 g/mol. The second-order valence-corrected chi connectivity index (χ2v) is 8.78. The fourth-order valence-corrected chi connectivity index (χ4v) is 4.07. The molecular weight excluding hydrogens is 411 g/mol. The van der Waals surface area contributed by atoms with Crippen molar-refractivity contribution in [3.63, 3.8) is 0 Å². The highest BCUT2D eigenvalue weighted by Crippen LogP contribution is 2.30. The molecule has 0 radical (unpaired) electrons. The number of rotatable bonds is 3. The van der Waals surface area contributed by atoms with E-state index in [4.69, 9.17) is 27.9 Å². The number of hydrogen-bond donors (Lipinski definition) is 1. The first-order valence-corrected chi connectivity index (χ1v) is 9.89. The molecule has 0 atom stereocenters. The molecule has 10 heteroatoms. The predicted octanol–water partition coefficient (Wildman–Crippen LogP) is 4.01. The van der Waals surface area contributed by atoms with Gasteiger partial charge in [0.2, 0.25) is 0 Å². The van der Waals surface area contributed by atoms with Gasteiger partial charge in [-0.1, -0.05) is 35.0 Å². The summed E-state index contributed by atoms with van der Waals surface area (Å²) in [6.07, 6.45) is 2.56. The second kappa shape index (κ2) is 7.69. The summed E-state index contributed by atoms with van der Waals surface area (Å²) in [5.41, 5.74) is 0.900. The molecule has 1 aliphatic heterocycles. The maximum Gasteiger partial charge on any atom is 0.410 e. The molecule has 0 bridgehead atoms. The van der Waals surface area contributed by atoms with E-state index in [2.05, 4.69) is 15.0 Å². The maximum atomic E-state index is 12.4. The second-order valence-electron chi connectivity index (χ2n) is 7.00. The molecule has 2 aromatic heterocycles. The van der Waals surface area contributed by atoms with Gasteiger partial charge in [-0.05, 0) is 20.8 Å². The molecular formula is C17H18Cl2N4O3S. The smallest absolute Gasteiger partial charge is 0.410 e. The number of pyridine rings is 1. The lowest BCUT2D eigenvalue weighted by atomic mass is 10.2. The Labute approximate surface area is 170 Å². The van der Waals surface area contributed by atoms with Crippen LogP contribution in [0, 0.1) is 0 Å². The number of amides is 1. The van der Waals surface area contributed by atoms with Crippen molar-refractivity contribution < 1.29 is 9.53 Å². The molecule has 0 fully saturated rings. The van der Waals surface area contributed by atoms with Gasteiger partial charge in [-0.2, -0.15) is 0 Å². The third-order valence-corrected chi connectivity index (χ3v) is 5.28. The molecule has 27 heavy (non-hydrogen) atoms. The number of thioether (sulfide) groups is 1. The quantitative estimate of drug-likeness (QED) is 0.586. The topological polar surface area (TPSA) is 88.2 Å². The van der Waals surface area contributed by atoms with Crippen LogP contribution in [-0.4, -0.2) is 31.5 Å². The van der Waals surface area contributed by atoms with Crippen molar-refractivity contribution in [3.05, 3.63) is 49.6 Å². The number of aromatic nitrogens is 3. The van der Waals surface area contributed by atoms with Gasteiger partial charge in [0.25, 0.3) is 5.56 Å². The number of fused-ring (bicyclic) bond motifs is 1. The van der Waals surface area contributed by atoms with Gasteiger partial charge in [0, 0.05) is 23.7 Å². The molecule has 7 nitrogen and oxygen atoms in total. The van der Waals surface area contributed by atoms with Gasteiger partial charge < -0.3 is 9.72 Å². The Morgan fingerprint density at radius 3 is 2.59 bits per heavy atom. The van der Waals surface area contributed by atoms with E-state index in [1.807, 2.05) is 0 Å². The van der Waals surface area contributed by atoms with Gasteiger partial charge in [-0.25, -0.2) is 9.78 Å². The van der Waals surface area contributed by atoms with Crippen molar-refractivity contribution in [1.82, 2.24) is 19.9 Å². The summed E-state index contributed by atoms with van der Waals surface area (Å²) in [5.74, 6) is 0.428. The van der Waals surface area contributed by atoms with Crippen LogP contribution < -0.4 is 5.56 Å². The Balaban J connectivity index is 1.74. The van der Waals surface area contributed by atoms with Crippen LogP contribution in [0.4, 0.5) is 4.79 Å². The molecule has 3 heterocycles. The molecule has 3 rings (SSSR count). The molecule has 144 valence electrons. The Hall–Kier alpha value is -1.77. The number of ether oxygens (including phenoxy) is 1. The Kier molecular flexibility index (Phi) is 5.69. The summed E-state index contributed by atoms with van der Waals surface area (Å²) in [7, 11) is 0. The minimum Gasteiger partial charge on any atom is -0.444 e. The summed E-state index contributed by atoms with van der Waals surface area (Å²) in [6, 6.07) is 0. The van der Waals surface area contributed by atoms with Crippen LogP contribution in [0.3, 0.4) is 0 Å². The highest BCUT2D eigenvalue weighted by molar-refractivity contribution is 7.98. The fourth-order valence-electron chi connectivity index (χ4n) is 2.48. The number of hydrogen-bond acceptors (Lipinski definition) is 6. The van der Waals surface area contributed by atoms with Gasteiger partial charge >= 0.3 is 6.09 Å². The third kappa shape index (κ3) is 4.75. The van der Waals surface area contributed by atoms with Crippen LogP contribution in [0.5, 0.6) is 0 Å². The molecule has 1 amide bonds. The lowest BCUT2D eigenvalue weighted by molar-refractivity contribution is 0.0240. The summed E-state index contributed by atoms with van der Waals surface area (Å²) < 4.78 is 5.36. The monoisotopic (exact) mass is 428 g/mol. The standard InChI is InChI=1S/C17H18Cl2N4O3S/c1-17(2,3)26-16(25)23-6-9-13(7-23)21-15(22-14(9)24)27-8-10-11(18)4-20-5-12(10)19/h4-5H,6-8H2,1-3H3,(H,21,22,24). The number of nitrogens with one attached hydrogen (secondary N) is 1. The Morgan fingerprint density at radius 2 is 1.96 bits per heavy atom. The molecule has 0 saturated heterocycles. The Morgan fingerprint density at radius 1 is 1.30 bits per heavy atom. The summed E-state index contributed by atoms with van der Waals surface area (Å²) in [6.45, 7) is 5.80. The lowest BCUT2D eigenvalue weighted by Gasteiger charge is -2.23. The number of nitrogens with zero attached hydrogens (tertiary/aromatic N) is 3. The van der Waals surface area contributed by atoms with E-state index < -0.39 is 11.7 Å². The van der Waals surface area contributed by atoms with Gasteiger partial charge in [0.1, 0.15) is 5.60 Å². The lowest BCUT2D eigenvalue weighted by Crippen LogP contribution is -2.33. The maximum absolute atomic E-state index is 12.4. The van der Waals surface area contributed by atoms with Crippen LogP contribution >= 0.6 is 35.0 Å². The van der Waals surface area contributed by atoms with Crippen LogP contribution in [0.1, 0.15) is 37.6 Å². The minimum atomic E-state index is -0.601. The zero-order valence-electron chi connectivity index (χ0n) is 15.0. The number of H-pyrrole nitrogens is 1. The molecule has 2 aromatic rings. The van der Waals surface area contributed by atoms with E-state index in [1.54, 1.807) is 20.8 Å². The van der Waals surface area contributed by atoms with E-state index in [1.165, 1.54) is 29.1 Å². The van der Waals surface area contributed by atoms with Crippen molar-refractivity contribution in [3.8, 4) is 0 Å². The van der Waals surface area contributed by atoms with E-state index in [9.17, 15) is 9.59 Å². The van der Waals surface area contributed by atoms with Crippen molar-refractivity contribution in [2.75, 3.05) is 0 Å². The normalized spacial score (nSPS) is 13.6. The SMILES string of the molecule is CC(C)(C)OC(=O)N1Cc2nc(SCc3c(Cl)cncc3Cl)[nH]c(=O)c2C1. The van der Waals surface area contributed by atoms with E-state index in [0.717, 1.165) is 5.56 Å². The van der Waals surface area contributed by atoms with Crippen molar-refractivity contribution in [2.24, 2.45) is 0 Å². The predicted molar refractivity (Wildman–Crippen MR) is 104 cm³/mol.